The fourth-order valence-corrected chi connectivity index (χ4v) is 3.42. The largest absolute Gasteiger partial charge is 0.360 e. The molecule has 0 amide bonds. The number of aryl methyl sites for hydroxylation is 2. The Bertz CT molecular complexity index is 1010. The molecule has 2 N–H and O–H groups in total. The highest BCUT2D eigenvalue weighted by Gasteiger charge is 2.24. The Kier molecular flexibility index (Phi) is 4.03. The maximum absolute atomic E-state index is 12.3. The van der Waals surface area contributed by atoms with Gasteiger partial charge < -0.3 is 14.0 Å². The van der Waals surface area contributed by atoms with Crippen LogP contribution in [0, 0.1) is 13.8 Å². The van der Waals surface area contributed by atoms with Crippen LogP contribution in [0.5, 0.6) is 0 Å². The molecule has 126 valence electrons. The minimum absolute atomic E-state index is 0.0172. The number of nitrogens with one attached hydrogen (secondary N) is 2. The van der Waals surface area contributed by atoms with Crippen LogP contribution in [0.3, 0.4) is 0 Å². The van der Waals surface area contributed by atoms with E-state index in [0.717, 1.165) is 0 Å². The summed E-state index contributed by atoms with van der Waals surface area (Å²) < 4.78 is 36.7. The molecule has 0 aliphatic carbocycles. The van der Waals surface area contributed by atoms with Gasteiger partial charge in [-0.05, 0) is 26.0 Å². The smallest absolute Gasteiger partial charge is 0.259 e. The molecule has 24 heavy (non-hydrogen) atoms. The second-order valence-electron chi connectivity index (χ2n) is 4.90. The molecule has 0 saturated carbocycles. The zero-order valence-corrected chi connectivity index (χ0v) is 13.5. The van der Waals surface area contributed by atoms with E-state index in [4.69, 9.17) is 9.05 Å². The van der Waals surface area contributed by atoms with Crippen molar-refractivity contribution in [3.05, 3.63) is 46.0 Å². The second kappa shape index (κ2) is 6.02. The molecule has 0 aliphatic heterocycles. The molecule has 3 aromatic heterocycles. The SMILES string of the molecule is Cc1noc(C)c1S(=O)(=O)NCc1nc(-c2ccc[nH]c2=O)no1. The molecule has 0 aromatic carbocycles. The number of hydrogen-bond donors (Lipinski definition) is 2. The lowest BCUT2D eigenvalue weighted by Gasteiger charge is -2.03. The van der Waals surface area contributed by atoms with Gasteiger partial charge in [-0.15, -0.1) is 0 Å². The van der Waals surface area contributed by atoms with E-state index in [1.165, 1.54) is 26.1 Å². The maximum Gasteiger partial charge on any atom is 0.259 e. The highest BCUT2D eigenvalue weighted by molar-refractivity contribution is 7.89. The minimum Gasteiger partial charge on any atom is -0.360 e. The predicted molar refractivity (Wildman–Crippen MR) is 80.4 cm³/mol. The summed E-state index contributed by atoms with van der Waals surface area (Å²) in [6.45, 7) is 2.79. The number of rotatable bonds is 5. The van der Waals surface area contributed by atoms with Crippen molar-refractivity contribution in [1.82, 2.24) is 25.0 Å². The van der Waals surface area contributed by atoms with Gasteiger partial charge in [-0.25, -0.2) is 13.1 Å². The van der Waals surface area contributed by atoms with Crippen molar-refractivity contribution in [2.75, 3.05) is 0 Å². The Morgan fingerprint density at radius 3 is 2.71 bits per heavy atom. The number of H-pyrrole nitrogens is 1. The molecule has 0 radical (unpaired) electrons. The summed E-state index contributed by atoms with van der Waals surface area (Å²) in [6.07, 6.45) is 1.48. The van der Waals surface area contributed by atoms with Gasteiger partial charge in [0.15, 0.2) is 5.76 Å². The molecule has 3 aromatic rings. The first kappa shape index (κ1) is 16.1. The molecule has 0 saturated heterocycles. The zero-order chi connectivity index (χ0) is 17.3. The van der Waals surface area contributed by atoms with Crippen LogP contribution in [-0.4, -0.2) is 28.7 Å². The molecule has 10 nitrogen and oxygen atoms in total. The van der Waals surface area contributed by atoms with Gasteiger partial charge in [-0.2, -0.15) is 4.98 Å². The Balaban J connectivity index is 1.79. The lowest BCUT2D eigenvalue weighted by Crippen LogP contribution is -2.24. The molecule has 3 heterocycles. The van der Waals surface area contributed by atoms with Crippen LogP contribution >= 0.6 is 0 Å². The van der Waals surface area contributed by atoms with Crippen LogP contribution in [0.25, 0.3) is 11.4 Å². The first-order chi connectivity index (χ1) is 11.4. The summed E-state index contributed by atoms with van der Waals surface area (Å²) in [7, 11) is -3.84. The van der Waals surface area contributed by atoms with Crippen molar-refractivity contribution in [3.63, 3.8) is 0 Å². The van der Waals surface area contributed by atoms with Crippen molar-refractivity contribution in [1.29, 1.82) is 0 Å². The average Bonchev–Trinajstić information content (AvgIpc) is 3.13. The second-order valence-corrected chi connectivity index (χ2v) is 6.61. The quantitative estimate of drug-likeness (QED) is 0.676. The van der Waals surface area contributed by atoms with Gasteiger partial charge in [0.2, 0.25) is 21.7 Å². The van der Waals surface area contributed by atoms with Crippen LogP contribution in [0.2, 0.25) is 0 Å². The van der Waals surface area contributed by atoms with Gasteiger partial charge in [0, 0.05) is 6.20 Å². The van der Waals surface area contributed by atoms with E-state index in [1.807, 2.05) is 0 Å². The number of sulfonamides is 1. The van der Waals surface area contributed by atoms with Gasteiger partial charge in [-0.3, -0.25) is 4.79 Å². The third-order valence-electron chi connectivity index (χ3n) is 3.18. The van der Waals surface area contributed by atoms with Crippen LogP contribution in [-0.2, 0) is 16.6 Å². The number of nitrogens with zero attached hydrogens (tertiary/aromatic N) is 3. The Morgan fingerprint density at radius 1 is 1.25 bits per heavy atom. The standard InChI is InChI=1S/C13H13N5O5S/c1-7-11(8(2)22-17-7)24(20,21)15-6-10-16-12(18-23-10)9-4-3-5-14-13(9)19/h3-5,15H,6H2,1-2H3,(H,14,19). The summed E-state index contributed by atoms with van der Waals surface area (Å²) in [5.41, 5.74) is 0.101. The Morgan fingerprint density at radius 2 is 2.04 bits per heavy atom. The van der Waals surface area contributed by atoms with E-state index in [0.29, 0.717) is 0 Å². The number of aromatic nitrogens is 4. The van der Waals surface area contributed by atoms with Crippen LogP contribution in [0.15, 0.2) is 37.1 Å². The zero-order valence-electron chi connectivity index (χ0n) is 12.7. The third kappa shape index (κ3) is 2.98. The number of pyridine rings is 1. The van der Waals surface area contributed by atoms with E-state index in [9.17, 15) is 13.2 Å². The molecule has 0 spiro atoms. The maximum atomic E-state index is 12.3. The van der Waals surface area contributed by atoms with Crippen molar-refractivity contribution >= 4 is 10.0 Å². The highest BCUT2D eigenvalue weighted by Crippen LogP contribution is 2.19. The van der Waals surface area contributed by atoms with Crippen molar-refractivity contribution < 1.29 is 17.5 Å². The third-order valence-corrected chi connectivity index (χ3v) is 4.82. The van der Waals surface area contributed by atoms with Crippen LogP contribution in [0.1, 0.15) is 17.3 Å². The lowest BCUT2D eigenvalue weighted by atomic mass is 10.3. The molecule has 11 heteroatoms. The molecule has 0 unspecified atom stereocenters. The first-order valence-electron chi connectivity index (χ1n) is 6.81. The molecule has 0 fully saturated rings. The lowest BCUT2D eigenvalue weighted by molar-refractivity contribution is 0.375. The molecular weight excluding hydrogens is 338 g/mol. The summed E-state index contributed by atoms with van der Waals surface area (Å²) >= 11 is 0. The van der Waals surface area contributed by atoms with Crippen molar-refractivity contribution in [2.45, 2.75) is 25.3 Å². The van der Waals surface area contributed by atoms with E-state index in [1.54, 1.807) is 6.07 Å². The van der Waals surface area contributed by atoms with Gasteiger partial charge in [0.1, 0.15) is 10.6 Å². The average molecular weight is 351 g/mol. The molecular formula is C13H13N5O5S. The van der Waals surface area contributed by atoms with Gasteiger partial charge in [-0.1, -0.05) is 10.3 Å². The Labute approximate surface area is 135 Å². The van der Waals surface area contributed by atoms with Crippen LogP contribution in [0.4, 0.5) is 0 Å². The van der Waals surface area contributed by atoms with E-state index < -0.39 is 10.0 Å². The summed E-state index contributed by atoms with van der Waals surface area (Å²) in [4.78, 5) is 18.1. The van der Waals surface area contributed by atoms with Gasteiger partial charge in [0.25, 0.3) is 5.56 Å². The normalized spacial score (nSPS) is 11.8. The van der Waals surface area contributed by atoms with Crippen molar-refractivity contribution in [2.24, 2.45) is 0 Å². The summed E-state index contributed by atoms with van der Waals surface area (Å²) in [5.74, 6) is 0.272. The first-order valence-corrected chi connectivity index (χ1v) is 8.30. The molecule has 0 atom stereocenters. The van der Waals surface area contributed by atoms with E-state index >= 15 is 0 Å². The summed E-state index contributed by atoms with van der Waals surface area (Å²) in [6, 6.07) is 3.15. The molecule has 3 rings (SSSR count). The van der Waals surface area contributed by atoms with Crippen molar-refractivity contribution in [3.8, 4) is 11.4 Å². The van der Waals surface area contributed by atoms with E-state index in [2.05, 4.69) is 25.0 Å². The van der Waals surface area contributed by atoms with E-state index in [-0.39, 0.29) is 45.7 Å². The van der Waals surface area contributed by atoms with Gasteiger partial charge >= 0.3 is 0 Å². The molecule has 0 bridgehead atoms. The topological polar surface area (TPSA) is 144 Å². The fraction of sp³-hybridized carbons (Fsp3) is 0.231. The van der Waals surface area contributed by atoms with Gasteiger partial charge in [0.05, 0.1) is 12.1 Å². The highest BCUT2D eigenvalue weighted by atomic mass is 32.2. The summed E-state index contributed by atoms with van der Waals surface area (Å²) in [5, 5.41) is 7.28. The fourth-order valence-electron chi connectivity index (χ4n) is 2.12. The Hall–Kier alpha value is -2.79. The monoisotopic (exact) mass is 351 g/mol. The van der Waals surface area contributed by atoms with Crippen LogP contribution < -0.4 is 10.3 Å². The predicted octanol–water partition coefficient (Wildman–Crippen LogP) is 0.508. The molecule has 0 aliphatic rings. The minimum atomic E-state index is -3.84. The number of aromatic amines is 1. The number of hydrogen-bond acceptors (Lipinski definition) is 8.